The predicted octanol–water partition coefficient (Wildman–Crippen LogP) is 12.7. The van der Waals surface area contributed by atoms with Crippen LogP contribution in [-0.2, 0) is 24.6 Å². The van der Waals surface area contributed by atoms with Crippen molar-refractivity contribution in [2.75, 3.05) is 20.3 Å². The fourth-order valence-electron chi connectivity index (χ4n) is 8.17. The highest BCUT2D eigenvalue weighted by Crippen LogP contribution is 2.41. The zero-order chi connectivity index (χ0) is 49.9. The molecule has 0 fully saturated rings. The summed E-state index contributed by atoms with van der Waals surface area (Å²) in [6, 6.07) is 29.5. The van der Waals surface area contributed by atoms with Gasteiger partial charge in [-0.3, -0.25) is 0 Å². The number of methoxy groups -OCH3 is 1. The third-order valence-corrected chi connectivity index (χ3v) is 28.8. The van der Waals surface area contributed by atoms with Crippen molar-refractivity contribution in [3.05, 3.63) is 114 Å². The van der Waals surface area contributed by atoms with E-state index in [1.54, 1.807) is 7.11 Å². The quantitative estimate of drug-likeness (QED) is 0.0683. The third kappa shape index (κ3) is 15.4. The summed E-state index contributed by atoms with van der Waals surface area (Å²) in [6.07, 6.45) is 4.96. The Hall–Kier alpha value is -2.65. The second kappa shape index (κ2) is 24.3. The molecule has 3 aromatic carbocycles. The van der Waals surface area contributed by atoms with Crippen molar-refractivity contribution in [2.45, 2.75) is 176 Å². The van der Waals surface area contributed by atoms with Crippen molar-refractivity contribution in [3.8, 4) is 5.75 Å². The van der Waals surface area contributed by atoms with E-state index in [1.165, 1.54) is 10.4 Å². The minimum absolute atomic E-state index is 0.0200. The summed E-state index contributed by atoms with van der Waals surface area (Å²) in [5, 5.41) is 26.1. The molecule has 0 bridgehead atoms. The molecule has 3 aromatic rings. The molecule has 0 saturated heterocycles. The molecule has 10 heteroatoms. The molecule has 0 aliphatic heterocycles. The summed E-state index contributed by atoms with van der Waals surface area (Å²) in [5.41, 5.74) is 2.09. The van der Waals surface area contributed by atoms with Crippen LogP contribution in [0, 0.1) is 23.7 Å². The van der Waals surface area contributed by atoms with Crippen molar-refractivity contribution in [2.24, 2.45) is 23.7 Å². The number of ether oxygens (including phenoxy) is 2. The zero-order valence-corrected chi connectivity index (χ0v) is 47.7. The monoisotopic (exact) mass is 961 g/mol. The fourth-order valence-corrected chi connectivity index (χ4v) is 15.3. The van der Waals surface area contributed by atoms with Crippen LogP contribution in [-0.4, -0.2) is 79.9 Å². The van der Waals surface area contributed by atoms with Crippen LogP contribution in [0.5, 0.6) is 5.75 Å². The molecule has 0 aliphatic carbocycles. The highest BCUT2D eigenvalue weighted by atomic mass is 28.4. The van der Waals surface area contributed by atoms with Gasteiger partial charge in [-0.2, -0.15) is 0 Å². The molecular formula is C56H92O7Si3. The minimum atomic E-state index is -2.75. The van der Waals surface area contributed by atoms with E-state index in [0.717, 1.165) is 16.9 Å². The Kier molecular flexibility index (Phi) is 21.2. The molecule has 2 N–H and O–H groups in total. The van der Waals surface area contributed by atoms with Crippen molar-refractivity contribution in [3.63, 3.8) is 0 Å². The number of hydrogen-bond acceptors (Lipinski definition) is 7. The van der Waals surface area contributed by atoms with Gasteiger partial charge in [-0.1, -0.05) is 181 Å². The molecule has 0 heterocycles. The first-order valence-electron chi connectivity index (χ1n) is 24.5. The van der Waals surface area contributed by atoms with Gasteiger partial charge in [0.1, 0.15) is 5.75 Å². The van der Waals surface area contributed by atoms with Gasteiger partial charge in [0.05, 0.1) is 38.1 Å². The summed E-state index contributed by atoms with van der Waals surface area (Å²) < 4.78 is 33.3. The Bertz CT molecular complexity index is 1890. The Morgan fingerprint density at radius 3 is 1.64 bits per heavy atom. The predicted molar refractivity (Wildman–Crippen MR) is 287 cm³/mol. The molecule has 3 rings (SSSR count). The van der Waals surface area contributed by atoms with Crippen molar-refractivity contribution in [1.82, 2.24) is 0 Å². The number of benzene rings is 3. The van der Waals surface area contributed by atoms with Crippen molar-refractivity contribution < 1.29 is 33.0 Å². The number of rotatable bonds is 24. The lowest BCUT2D eigenvalue weighted by Gasteiger charge is -2.43. The average Bonchev–Trinajstić information content (AvgIpc) is 3.25. The maximum atomic E-state index is 11.9. The standard InChI is InChI=1S/C56H92O7Si3/c1-41(30-35-50(57)42(2)38-43(3)53(63-65(18,19)55(9,10)11)45(5)52(58)44(4)39-62-64(16,17)54(6,7)8)51(60-40-46-31-33-47(59-15)34-32-46)36-37-61-66(56(12,13)14,48-26-22-20-23-27-48)49-28-24-21-25-29-49/h20-35,38,41-42,44-45,50-53,57-58H,36-37,39-40H2,1-19H3/b35-30+,43-38+/t41-,42+,44+,45+,50+,51-,52-,53+/m1/s1. The molecule has 0 amide bonds. The van der Waals surface area contributed by atoms with E-state index in [4.69, 9.17) is 22.8 Å². The molecule has 0 radical (unpaired) electrons. The Labute approximate surface area is 406 Å². The van der Waals surface area contributed by atoms with Crippen LogP contribution < -0.4 is 15.1 Å². The lowest BCUT2D eigenvalue weighted by Crippen LogP contribution is -2.66. The maximum absolute atomic E-state index is 11.9. The molecule has 7 nitrogen and oxygen atoms in total. The first-order chi connectivity index (χ1) is 30.5. The molecule has 66 heavy (non-hydrogen) atoms. The van der Waals surface area contributed by atoms with Gasteiger partial charge < -0.3 is 33.0 Å². The number of aliphatic hydroxyl groups is 2. The van der Waals surface area contributed by atoms with E-state index >= 15 is 0 Å². The van der Waals surface area contributed by atoms with Crippen LogP contribution in [0.3, 0.4) is 0 Å². The van der Waals surface area contributed by atoms with Gasteiger partial charge in [-0.25, -0.2) is 0 Å². The van der Waals surface area contributed by atoms with E-state index in [2.05, 4.69) is 196 Å². The molecule has 0 spiro atoms. The number of hydrogen-bond donors (Lipinski definition) is 2. The first-order valence-corrected chi connectivity index (χ1v) is 32.3. The van der Waals surface area contributed by atoms with Crippen molar-refractivity contribution in [1.29, 1.82) is 0 Å². The summed E-state index contributed by atoms with van der Waals surface area (Å²) >= 11 is 0. The van der Waals surface area contributed by atoms with Crippen LogP contribution in [0.15, 0.2) is 109 Å². The smallest absolute Gasteiger partial charge is 0.261 e. The van der Waals surface area contributed by atoms with Gasteiger partial charge in [-0.05, 0) is 88.3 Å². The van der Waals surface area contributed by atoms with Gasteiger partial charge in [-0.15, -0.1) is 0 Å². The van der Waals surface area contributed by atoms with Gasteiger partial charge in [0.2, 0.25) is 0 Å². The van der Waals surface area contributed by atoms with Crippen LogP contribution >= 0.6 is 0 Å². The maximum Gasteiger partial charge on any atom is 0.261 e. The molecule has 370 valence electrons. The van der Waals surface area contributed by atoms with Crippen molar-refractivity contribution >= 4 is 35.3 Å². The zero-order valence-electron chi connectivity index (χ0n) is 44.7. The average molecular weight is 962 g/mol. The minimum Gasteiger partial charge on any atom is -0.497 e. The first kappa shape index (κ1) is 57.7. The highest BCUT2D eigenvalue weighted by Gasteiger charge is 2.50. The molecular weight excluding hydrogens is 869 g/mol. The largest absolute Gasteiger partial charge is 0.497 e. The van der Waals surface area contributed by atoms with Gasteiger partial charge in [0, 0.05) is 36.9 Å². The lowest BCUT2D eigenvalue weighted by atomic mass is 9.85. The summed E-state index contributed by atoms with van der Waals surface area (Å²) in [7, 11) is -5.32. The van der Waals surface area contributed by atoms with Gasteiger partial charge >= 0.3 is 0 Å². The van der Waals surface area contributed by atoms with Crippen LogP contribution in [0.1, 0.15) is 109 Å². The summed E-state index contributed by atoms with van der Waals surface area (Å²) in [4.78, 5) is 0. The number of aliphatic hydroxyl groups excluding tert-OH is 2. The lowest BCUT2D eigenvalue weighted by molar-refractivity contribution is -0.00245. The Morgan fingerprint density at radius 2 is 1.17 bits per heavy atom. The molecule has 0 unspecified atom stereocenters. The van der Waals surface area contributed by atoms with E-state index in [9.17, 15) is 10.2 Å². The SMILES string of the molecule is COc1ccc(CO[C@H](CCO[Si](c2ccccc2)(c2ccccc2)C(C)(C)C)[C@H](C)/C=C/[C@H](O)[C@@H](C)/C=C(\C)[C@H](O[Si](C)(C)C(C)(C)C)[C@@H](C)[C@H](O)[C@@H](C)CO[Si](C)(C)C(C)(C)C)cc1. The third-order valence-electron chi connectivity index (χ3n) is 14.8. The van der Waals surface area contributed by atoms with E-state index in [-0.39, 0.29) is 51.0 Å². The highest BCUT2D eigenvalue weighted by molar-refractivity contribution is 6.99. The molecule has 0 aromatic heterocycles. The topological polar surface area (TPSA) is 86.6 Å². The second-order valence-electron chi connectivity index (χ2n) is 23.2. The second-order valence-corrected chi connectivity index (χ2v) is 37.1. The van der Waals surface area contributed by atoms with Crippen LogP contribution in [0.2, 0.25) is 41.3 Å². The van der Waals surface area contributed by atoms with E-state index in [1.807, 2.05) is 30.3 Å². The van der Waals surface area contributed by atoms with Crippen LogP contribution in [0.25, 0.3) is 0 Å². The molecule has 8 atom stereocenters. The molecule has 0 aliphatic rings. The van der Waals surface area contributed by atoms with E-state index in [0.29, 0.717) is 26.2 Å². The summed E-state index contributed by atoms with van der Waals surface area (Å²) in [6.45, 7) is 41.4. The summed E-state index contributed by atoms with van der Waals surface area (Å²) in [5.74, 6) is 0.303. The van der Waals surface area contributed by atoms with E-state index < -0.39 is 37.2 Å². The van der Waals surface area contributed by atoms with Gasteiger partial charge in [0.15, 0.2) is 16.6 Å². The Balaban J connectivity index is 1.91. The van der Waals surface area contributed by atoms with Gasteiger partial charge in [0.25, 0.3) is 8.32 Å². The molecule has 0 saturated carbocycles. The van der Waals surface area contributed by atoms with Crippen LogP contribution in [0.4, 0.5) is 0 Å². The Morgan fingerprint density at radius 1 is 0.652 bits per heavy atom. The normalized spacial score (nSPS) is 17.5. The fraction of sp³-hybridized carbons (Fsp3) is 0.607.